The second-order valence-corrected chi connectivity index (χ2v) is 4.53. The van der Waals surface area contributed by atoms with Crippen LogP contribution in [0.15, 0.2) is 36.4 Å². The summed E-state index contributed by atoms with van der Waals surface area (Å²) in [5.41, 5.74) is 0.415. The van der Waals surface area contributed by atoms with E-state index in [1.165, 1.54) is 30.3 Å². The second kappa shape index (κ2) is 6.25. The van der Waals surface area contributed by atoms with E-state index in [0.29, 0.717) is 5.56 Å². The van der Waals surface area contributed by atoms with Crippen LogP contribution >= 0.6 is 11.6 Å². The molecule has 0 unspecified atom stereocenters. The molecule has 4 nitrogen and oxygen atoms in total. The van der Waals surface area contributed by atoms with Crippen LogP contribution in [0.3, 0.4) is 0 Å². The summed E-state index contributed by atoms with van der Waals surface area (Å²) in [6.45, 7) is -0.138. The third-order valence-electron chi connectivity index (χ3n) is 2.76. The fraction of sp³-hybridized carbons (Fsp3) is 0.0667. The van der Waals surface area contributed by atoms with Gasteiger partial charge in [-0.3, -0.25) is 0 Å². The Morgan fingerprint density at radius 3 is 2.81 bits per heavy atom. The van der Waals surface area contributed by atoms with Gasteiger partial charge in [-0.25, -0.2) is 9.18 Å². The van der Waals surface area contributed by atoms with E-state index in [2.05, 4.69) is 0 Å². The number of ether oxygens (including phenoxy) is 1. The maximum Gasteiger partial charge on any atom is 0.341 e. The lowest BCUT2D eigenvalue weighted by Gasteiger charge is -2.11. The van der Waals surface area contributed by atoms with Crippen LogP contribution in [0.5, 0.6) is 5.75 Å². The Morgan fingerprint density at radius 2 is 2.14 bits per heavy atom. The van der Waals surface area contributed by atoms with Crippen molar-refractivity contribution in [3.05, 3.63) is 63.9 Å². The van der Waals surface area contributed by atoms with Crippen molar-refractivity contribution in [3.8, 4) is 11.8 Å². The van der Waals surface area contributed by atoms with Crippen LogP contribution in [0.4, 0.5) is 4.39 Å². The number of halogens is 2. The van der Waals surface area contributed by atoms with Gasteiger partial charge in [0.1, 0.15) is 23.7 Å². The van der Waals surface area contributed by atoms with Gasteiger partial charge < -0.3 is 9.84 Å². The van der Waals surface area contributed by atoms with Crippen LogP contribution in [-0.4, -0.2) is 11.1 Å². The van der Waals surface area contributed by atoms with E-state index >= 15 is 0 Å². The van der Waals surface area contributed by atoms with Crippen LogP contribution in [0, 0.1) is 17.1 Å². The molecule has 0 spiro atoms. The lowest BCUT2D eigenvalue weighted by molar-refractivity contribution is 0.0692. The molecule has 0 atom stereocenters. The highest BCUT2D eigenvalue weighted by atomic mass is 35.5. The van der Waals surface area contributed by atoms with Crippen molar-refractivity contribution in [1.82, 2.24) is 0 Å². The number of rotatable bonds is 4. The molecule has 0 aliphatic rings. The van der Waals surface area contributed by atoms with E-state index in [4.69, 9.17) is 26.7 Å². The Hall–Kier alpha value is -2.58. The van der Waals surface area contributed by atoms with E-state index in [1.807, 2.05) is 6.07 Å². The first-order valence-electron chi connectivity index (χ1n) is 5.86. The van der Waals surface area contributed by atoms with Crippen molar-refractivity contribution >= 4 is 17.6 Å². The number of carbonyl (C=O) groups is 1. The van der Waals surface area contributed by atoms with Gasteiger partial charge in [-0.2, -0.15) is 5.26 Å². The number of nitriles is 1. The molecule has 2 rings (SSSR count). The minimum atomic E-state index is -1.23. The van der Waals surface area contributed by atoms with Gasteiger partial charge in [0.2, 0.25) is 0 Å². The fourth-order valence-corrected chi connectivity index (χ4v) is 2.03. The molecule has 0 amide bonds. The summed E-state index contributed by atoms with van der Waals surface area (Å²) in [4.78, 5) is 11.2. The Kier molecular flexibility index (Phi) is 4.41. The largest absolute Gasteiger partial charge is 0.488 e. The zero-order chi connectivity index (χ0) is 15.4. The molecule has 0 heterocycles. The summed E-state index contributed by atoms with van der Waals surface area (Å²) in [7, 11) is 0. The summed E-state index contributed by atoms with van der Waals surface area (Å²) in [6, 6.07) is 10.0. The Bertz CT molecular complexity index is 740. The topological polar surface area (TPSA) is 70.3 Å². The molecular weight excluding hydrogens is 297 g/mol. The highest BCUT2D eigenvalue weighted by molar-refractivity contribution is 6.33. The van der Waals surface area contributed by atoms with Gasteiger partial charge in [0, 0.05) is 5.56 Å². The number of hydrogen-bond acceptors (Lipinski definition) is 3. The second-order valence-electron chi connectivity index (χ2n) is 4.12. The van der Waals surface area contributed by atoms with Crippen molar-refractivity contribution in [2.24, 2.45) is 0 Å². The molecule has 0 saturated carbocycles. The van der Waals surface area contributed by atoms with E-state index in [9.17, 15) is 9.18 Å². The minimum absolute atomic E-state index is 0.0414. The van der Waals surface area contributed by atoms with E-state index in [1.54, 1.807) is 6.07 Å². The molecule has 0 bridgehead atoms. The van der Waals surface area contributed by atoms with Crippen LogP contribution < -0.4 is 4.74 Å². The quantitative estimate of drug-likeness (QED) is 0.936. The highest BCUT2D eigenvalue weighted by Gasteiger charge is 2.16. The van der Waals surface area contributed by atoms with Gasteiger partial charge in [-0.1, -0.05) is 17.7 Å². The van der Waals surface area contributed by atoms with Gasteiger partial charge in [-0.15, -0.1) is 0 Å². The van der Waals surface area contributed by atoms with E-state index in [0.717, 1.165) is 0 Å². The van der Waals surface area contributed by atoms with Crippen molar-refractivity contribution in [1.29, 1.82) is 5.26 Å². The number of nitrogens with zero attached hydrogens (tertiary/aromatic N) is 1. The first-order valence-corrected chi connectivity index (χ1v) is 6.24. The molecule has 0 aromatic heterocycles. The molecule has 0 aliphatic heterocycles. The van der Waals surface area contributed by atoms with Gasteiger partial charge in [-0.05, 0) is 30.3 Å². The third kappa shape index (κ3) is 3.30. The number of hydrogen-bond donors (Lipinski definition) is 1. The van der Waals surface area contributed by atoms with Crippen molar-refractivity contribution in [2.75, 3.05) is 0 Å². The molecular formula is C15H9ClFNO3. The van der Waals surface area contributed by atoms with Crippen LogP contribution in [-0.2, 0) is 6.61 Å². The van der Waals surface area contributed by atoms with Gasteiger partial charge >= 0.3 is 5.97 Å². The molecule has 1 N–H and O–H groups in total. The monoisotopic (exact) mass is 305 g/mol. The summed E-state index contributed by atoms with van der Waals surface area (Å²) in [5, 5.41) is 18.1. The number of aromatic carboxylic acids is 1. The van der Waals surface area contributed by atoms with Crippen LogP contribution in [0.2, 0.25) is 5.02 Å². The molecule has 0 saturated heterocycles. The van der Waals surface area contributed by atoms with E-state index < -0.39 is 11.8 Å². The van der Waals surface area contributed by atoms with Crippen molar-refractivity contribution in [2.45, 2.75) is 6.61 Å². The van der Waals surface area contributed by atoms with Crippen molar-refractivity contribution in [3.63, 3.8) is 0 Å². The molecule has 6 heteroatoms. The maximum absolute atomic E-state index is 13.2. The summed E-state index contributed by atoms with van der Waals surface area (Å²) >= 11 is 5.82. The Morgan fingerprint density at radius 1 is 1.38 bits per heavy atom. The van der Waals surface area contributed by atoms with Gasteiger partial charge in [0.05, 0.1) is 16.7 Å². The zero-order valence-corrected chi connectivity index (χ0v) is 11.4. The first-order chi connectivity index (χ1) is 10.0. The first kappa shape index (κ1) is 14.8. The molecule has 0 aliphatic carbocycles. The third-order valence-corrected chi connectivity index (χ3v) is 3.08. The molecule has 2 aromatic carbocycles. The number of carboxylic acids is 1. The molecule has 21 heavy (non-hydrogen) atoms. The summed E-state index contributed by atoms with van der Waals surface area (Å²) < 4.78 is 18.6. The van der Waals surface area contributed by atoms with Crippen LogP contribution in [0.25, 0.3) is 0 Å². The Labute approximate surface area is 125 Å². The molecule has 0 radical (unpaired) electrons. The molecule has 2 aromatic rings. The predicted molar refractivity (Wildman–Crippen MR) is 73.9 cm³/mol. The average Bonchev–Trinajstić information content (AvgIpc) is 2.44. The van der Waals surface area contributed by atoms with Crippen molar-refractivity contribution < 1.29 is 19.0 Å². The number of carboxylic acid groups (broad SMARTS) is 1. The number of benzene rings is 2. The van der Waals surface area contributed by atoms with Gasteiger partial charge in [0.25, 0.3) is 0 Å². The lowest BCUT2D eigenvalue weighted by atomic mass is 10.1. The SMILES string of the molecule is N#Cc1ccc(F)cc1COc1cccc(Cl)c1C(=O)O. The molecule has 106 valence electrons. The summed E-state index contributed by atoms with van der Waals surface area (Å²) in [6.07, 6.45) is 0. The zero-order valence-electron chi connectivity index (χ0n) is 10.6. The van der Waals surface area contributed by atoms with Gasteiger partial charge in [0.15, 0.2) is 0 Å². The maximum atomic E-state index is 13.2. The molecule has 0 fully saturated rings. The highest BCUT2D eigenvalue weighted by Crippen LogP contribution is 2.27. The van der Waals surface area contributed by atoms with E-state index in [-0.39, 0.29) is 28.5 Å². The minimum Gasteiger partial charge on any atom is -0.488 e. The standard InChI is InChI=1S/C15H9ClFNO3/c16-12-2-1-3-13(14(12)15(19)20)21-8-10-6-11(17)5-4-9(10)7-18/h1-6H,8H2,(H,19,20). The smallest absolute Gasteiger partial charge is 0.341 e. The predicted octanol–water partition coefficient (Wildman–Crippen LogP) is 3.63. The normalized spacial score (nSPS) is 9.95. The average molecular weight is 306 g/mol. The lowest BCUT2D eigenvalue weighted by Crippen LogP contribution is -2.05. The fourth-order valence-electron chi connectivity index (χ4n) is 1.78. The van der Waals surface area contributed by atoms with Crippen LogP contribution in [0.1, 0.15) is 21.5 Å². The summed E-state index contributed by atoms with van der Waals surface area (Å²) in [5.74, 6) is -1.67. The Balaban J connectivity index is 2.29.